The van der Waals surface area contributed by atoms with Gasteiger partial charge in [-0.05, 0) is 32.9 Å². The molecule has 0 saturated heterocycles. The third-order valence-corrected chi connectivity index (χ3v) is 2.81. The van der Waals surface area contributed by atoms with Crippen molar-refractivity contribution in [2.45, 2.75) is 33.2 Å². The molecule has 19 heavy (non-hydrogen) atoms. The first-order valence-electron chi connectivity index (χ1n) is 6.44. The molecule has 0 spiro atoms. The van der Waals surface area contributed by atoms with Crippen molar-refractivity contribution >= 4 is 23.4 Å². The van der Waals surface area contributed by atoms with Crippen LogP contribution in [0.4, 0.5) is 5.69 Å². The van der Waals surface area contributed by atoms with Crippen LogP contribution in [0.15, 0.2) is 18.2 Å². The highest BCUT2D eigenvalue weighted by Gasteiger charge is 2.43. The van der Waals surface area contributed by atoms with Crippen LogP contribution in [0.3, 0.4) is 0 Å². The third-order valence-electron chi connectivity index (χ3n) is 2.81. The van der Waals surface area contributed by atoms with Gasteiger partial charge >= 0.3 is 0 Å². The first-order valence-corrected chi connectivity index (χ1v) is 5.94. The molecule has 5 nitrogen and oxygen atoms in total. The van der Waals surface area contributed by atoms with Crippen molar-refractivity contribution < 1.29 is 15.8 Å². The minimum atomic E-state index is -0.687. The van der Waals surface area contributed by atoms with E-state index in [1.54, 1.807) is 20.8 Å². The second kappa shape index (κ2) is 4.19. The molecule has 0 unspecified atom stereocenters. The Morgan fingerprint density at radius 2 is 1.95 bits per heavy atom. The predicted molar refractivity (Wildman–Crippen MR) is 71.0 cm³/mol. The lowest BCUT2D eigenvalue weighted by Crippen LogP contribution is -2.45. The number of nitrogens with zero attached hydrogens (tertiary/aromatic N) is 1. The number of imide groups is 1. The van der Waals surface area contributed by atoms with E-state index in [2.05, 4.69) is 5.32 Å². The summed E-state index contributed by atoms with van der Waals surface area (Å²) in [7, 11) is 0. The largest absolute Gasteiger partial charge is 0.326 e. The summed E-state index contributed by atoms with van der Waals surface area (Å²) >= 11 is 0. The van der Waals surface area contributed by atoms with Gasteiger partial charge in [-0.25, -0.2) is 0 Å². The second-order valence-corrected chi connectivity index (χ2v) is 5.44. The molecule has 0 atom stereocenters. The average Bonchev–Trinajstić information content (AvgIpc) is 2.54. The zero-order valence-electron chi connectivity index (χ0n) is 12.3. The van der Waals surface area contributed by atoms with Gasteiger partial charge in [0.1, 0.15) is 0 Å². The molecule has 1 aliphatic heterocycles. The zero-order chi connectivity index (χ0) is 15.2. The quantitative estimate of drug-likeness (QED) is 0.787. The molecule has 1 aromatic carbocycles. The van der Waals surface area contributed by atoms with Gasteiger partial charge < -0.3 is 5.32 Å². The molecule has 0 radical (unpaired) electrons. The van der Waals surface area contributed by atoms with Crippen molar-refractivity contribution in [3.63, 3.8) is 0 Å². The SMILES string of the molecule is [2H]c1ccc(NC(C)=O)c2c1C(=O)N(C(C)(C)C)C2=O. The molecule has 2 rings (SSSR count). The summed E-state index contributed by atoms with van der Waals surface area (Å²) in [5, 5.41) is 2.53. The number of hydrogen-bond acceptors (Lipinski definition) is 3. The summed E-state index contributed by atoms with van der Waals surface area (Å²) in [5.41, 5.74) is -0.259. The van der Waals surface area contributed by atoms with Gasteiger partial charge in [-0.3, -0.25) is 19.3 Å². The van der Waals surface area contributed by atoms with Crippen LogP contribution < -0.4 is 5.32 Å². The standard InChI is InChI=1S/C14H16N2O3/c1-8(17)15-10-7-5-6-9-11(10)13(19)16(12(9)18)14(2,3)4/h5-7H,1-4H3,(H,15,17)/i6D. The maximum Gasteiger partial charge on any atom is 0.264 e. The van der Waals surface area contributed by atoms with E-state index in [9.17, 15) is 14.4 Å². The van der Waals surface area contributed by atoms with Crippen LogP contribution in [0.25, 0.3) is 0 Å². The Kier molecular flexibility index (Phi) is 2.62. The van der Waals surface area contributed by atoms with Gasteiger partial charge in [0.2, 0.25) is 5.91 Å². The van der Waals surface area contributed by atoms with E-state index in [1.807, 2.05) is 0 Å². The Morgan fingerprint density at radius 1 is 1.32 bits per heavy atom. The van der Waals surface area contributed by atoms with Crippen LogP contribution in [0.1, 0.15) is 49.8 Å². The predicted octanol–water partition coefficient (Wildman–Crippen LogP) is 2.04. The maximum atomic E-state index is 12.5. The van der Waals surface area contributed by atoms with Crippen molar-refractivity contribution in [3.8, 4) is 0 Å². The first-order chi connectivity index (χ1) is 9.14. The van der Waals surface area contributed by atoms with Crippen LogP contribution >= 0.6 is 0 Å². The molecule has 0 aromatic heterocycles. The Bertz CT molecular complexity index is 632. The minimum Gasteiger partial charge on any atom is -0.326 e. The van der Waals surface area contributed by atoms with Gasteiger partial charge in [0.25, 0.3) is 11.8 Å². The summed E-state index contributed by atoms with van der Waals surface area (Å²) in [6.45, 7) is 6.56. The highest BCUT2D eigenvalue weighted by molar-refractivity contribution is 6.24. The van der Waals surface area contributed by atoms with Crippen LogP contribution in [0.5, 0.6) is 0 Å². The van der Waals surface area contributed by atoms with Crippen LogP contribution in [0.2, 0.25) is 0 Å². The van der Waals surface area contributed by atoms with E-state index < -0.39 is 17.4 Å². The highest BCUT2D eigenvalue weighted by Crippen LogP contribution is 2.33. The number of carbonyl (C=O) groups is 3. The average molecular weight is 261 g/mol. The van der Waals surface area contributed by atoms with Gasteiger partial charge in [-0.1, -0.05) is 6.07 Å². The van der Waals surface area contributed by atoms with E-state index in [0.717, 1.165) is 4.90 Å². The molecule has 3 amide bonds. The molecule has 5 heteroatoms. The Morgan fingerprint density at radius 3 is 2.47 bits per heavy atom. The fourth-order valence-corrected chi connectivity index (χ4v) is 2.11. The van der Waals surface area contributed by atoms with Gasteiger partial charge in [0.05, 0.1) is 18.2 Å². The van der Waals surface area contributed by atoms with Gasteiger partial charge in [-0.2, -0.15) is 0 Å². The van der Waals surface area contributed by atoms with Crippen LogP contribution in [-0.2, 0) is 4.79 Å². The first kappa shape index (κ1) is 11.9. The number of anilines is 1. The monoisotopic (exact) mass is 261 g/mol. The number of rotatable bonds is 1. The Labute approximate surface area is 113 Å². The molecule has 1 heterocycles. The Hall–Kier alpha value is -2.17. The maximum absolute atomic E-state index is 12.5. The van der Waals surface area contributed by atoms with Crippen molar-refractivity contribution in [2.24, 2.45) is 0 Å². The van der Waals surface area contributed by atoms with E-state index in [4.69, 9.17) is 1.37 Å². The Balaban J connectivity index is 2.65. The molecule has 100 valence electrons. The number of benzene rings is 1. The summed E-state index contributed by atoms with van der Waals surface area (Å²) in [6.07, 6.45) is 0. The smallest absolute Gasteiger partial charge is 0.264 e. The summed E-state index contributed by atoms with van der Waals surface area (Å²) in [5.74, 6) is -1.30. The van der Waals surface area contributed by atoms with Gasteiger partial charge in [0.15, 0.2) is 0 Å². The van der Waals surface area contributed by atoms with Crippen molar-refractivity contribution in [1.29, 1.82) is 0 Å². The molecule has 0 bridgehead atoms. The van der Waals surface area contributed by atoms with Crippen LogP contribution in [0, 0.1) is 0 Å². The normalized spacial score (nSPS) is 15.4. The van der Waals surface area contributed by atoms with Crippen molar-refractivity contribution in [3.05, 3.63) is 29.3 Å². The fraction of sp³-hybridized carbons (Fsp3) is 0.357. The van der Waals surface area contributed by atoms with E-state index in [1.165, 1.54) is 19.1 Å². The van der Waals surface area contributed by atoms with Crippen molar-refractivity contribution in [2.75, 3.05) is 5.32 Å². The van der Waals surface area contributed by atoms with Crippen LogP contribution in [-0.4, -0.2) is 28.2 Å². The molecular formula is C14H16N2O3. The molecule has 1 aromatic rings. The third kappa shape index (κ3) is 2.12. The number of carbonyl (C=O) groups excluding carboxylic acids is 3. The summed E-state index contributed by atoms with van der Waals surface area (Å²) in [4.78, 5) is 37.2. The molecule has 0 aliphatic carbocycles. The lowest BCUT2D eigenvalue weighted by Gasteiger charge is -2.29. The number of amides is 3. The molecular weight excluding hydrogens is 244 g/mol. The van der Waals surface area contributed by atoms with Gasteiger partial charge in [0, 0.05) is 12.5 Å². The highest BCUT2D eigenvalue weighted by atomic mass is 16.2. The van der Waals surface area contributed by atoms with E-state index in [-0.39, 0.29) is 28.8 Å². The van der Waals surface area contributed by atoms with Gasteiger partial charge in [-0.15, -0.1) is 0 Å². The number of nitrogens with one attached hydrogen (secondary N) is 1. The van der Waals surface area contributed by atoms with E-state index >= 15 is 0 Å². The lowest BCUT2D eigenvalue weighted by molar-refractivity contribution is -0.114. The van der Waals surface area contributed by atoms with E-state index in [0.29, 0.717) is 0 Å². The number of hydrogen-bond donors (Lipinski definition) is 1. The fourth-order valence-electron chi connectivity index (χ4n) is 2.11. The topological polar surface area (TPSA) is 66.5 Å². The molecule has 1 aliphatic rings. The second-order valence-electron chi connectivity index (χ2n) is 5.44. The number of fused-ring (bicyclic) bond motifs is 1. The minimum absolute atomic E-state index is 0.0146. The molecule has 1 N–H and O–H groups in total. The lowest BCUT2D eigenvalue weighted by atomic mass is 10.1. The summed E-state index contributed by atoms with van der Waals surface area (Å²) < 4.78 is 7.83. The zero-order valence-corrected chi connectivity index (χ0v) is 11.3. The van der Waals surface area contributed by atoms with Crippen molar-refractivity contribution in [1.82, 2.24) is 4.90 Å². The summed E-state index contributed by atoms with van der Waals surface area (Å²) in [6, 6.07) is 2.86. The molecule has 0 fully saturated rings. The molecule has 0 saturated carbocycles.